The largest absolute Gasteiger partial charge is 0.485 e. The van der Waals surface area contributed by atoms with Crippen LogP contribution in [-0.4, -0.2) is 13.6 Å². The molecule has 0 aromatic heterocycles. The van der Waals surface area contributed by atoms with Gasteiger partial charge in [-0.3, -0.25) is 0 Å². The minimum absolute atomic E-state index is 0.0876. The van der Waals surface area contributed by atoms with Crippen molar-refractivity contribution in [3.8, 4) is 5.75 Å². The van der Waals surface area contributed by atoms with Crippen molar-refractivity contribution in [2.75, 3.05) is 13.6 Å². The molecule has 0 radical (unpaired) electrons. The standard InChI is InChI=1S/C16H18INO/c1-18-12-11-15(13-7-3-2-4-8-13)19-16-10-6-5-9-14(16)17/h2-10,15,18H,11-12H2,1H3/t15-/m1/s1/i17-2. The summed E-state index contributed by atoms with van der Waals surface area (Å²) in [5, 5.41) is 3.19. The van der Waals surface area contributed by atoms with E-state index in [1.165, 1.54) is 5.56 Å². The summed E-state index contributed by atoms with van der Waals surface area (Å²) in [7, 11) is 1.97. The van der Waals surface area contributed by atoms with Gasteiger partial charge in [-0.15, -0.1) is 0 Å². The zero-order valence-corrected chi connectivity index (χ0v) is 13.1. The van der Waals surface area contributed by atoms with Crippen molar-refractivity contribution >= 4 is 22.6 Å². The Labute approximate surface area is 128 Å². The molecular weight excluding hydrogens is 347 g/mol. The number of rotatable bonds is 6. The molecule has 19 heavy (non-hydrogen) atoms. The Balaban J connectivity index is 2.17. The number of halogens is 1. The van der Waals surface area contributed by atoms with Crippen LogP contribution in [0.4, 0.5) is 0 Å². The lowest BCUT2D eigenvalue weighted by Crippen LogP contribution is -2.16. The Morgan fingerprint density at radius 2 is 1.74 bits per heavy atom. The second kappa shape index (κ2) is 7.50. The normalized spacial score (nSPS) is 12.1. The van der Waals surface area contributed by atoms with Gasteiger partial charge in [0.1, 0.15) is 11.9 Å². The third-order valence-electron chi connectivity index (χ3n) is 2.93. The Morgan fingerprint density at radius 3 is 2.42 bits per heavy atom. The molecule has 2 aromatic carbocycles. The maximum absolute atomic E-state index is 6.19. The summed E-state index contributed by atoms with van der Waals surface area (Å²) in [6, 6.07) is 18.5. The summed E-state index contributed by atoms with van der Waals surface area (Å²) >= 11 is 2.31. The van der Waals surface area contributed by atoms with Crippen molar-refractivity contribution < 1.29 is 4.74 Å². The Bertz CT molecular complexity index is 501. The van der Waals surface area contributed by atoms with Crippen molar-refractivity contribution in [2.45, 2.75) is 12.5 Å². The maximum Gasteiger partial charge on any atom is 0.133 e. The second-order valence-electron chi connectivity index (χ2n) is 4.34. The first-order chi connectivity index (χ1) is 9.31. The molecule has 0 bridgehead atoms. The minimum atomic E-state index is 0.0876. The van der Waals surface area contributed by atoms with Crippen molar-refractivity contribution in [2.24, 2.45) is 0 Å². The van der Waals surface area contributed by atoms with Gasteiger partial charge in [-0.05, 0) is 53.9 Å². The topological polar surface area (TPSA) is 21.3 Å². The van der Waals surface area contributed by atoms with Gasteiger partial charge in [0.05, 0.1) is 3.57 Å². The van der Waals surface area contributed by atoms with E-state index >= 15 is 0 Å². The Hall–Kier alpha value is -1.07. The molecule has 3 heteroatoms. The fourth-order valence-electron chi connectivity index (χ4n) is 1.93. The van der Waals surface area contributed by atoms with Crippen molar-refractivity contribution in [3.05, 3.63) is 63.7 Å². The van der Waals surface area contributed by atoms with Crippen molar-refractivity contribution in [3.63, 3.8) is 0 Å². The van der Waals surface area contributed by atoms with Crippen molar-refractivity contribution in [1.82, 2.24) is 5.32 Å². The predicted molar refractivity (Wildman–Crippen MR) is 87.5 cm³/mol. The zero-order chi connectivity index (χ0) is 13.5. The molecule has 2 nitrogen and oxygen atoms in total. The molecule has 0 unspecified atom stereocenters. The molecule has 0 spiro atoms. The van der Waals surface area contributed by atoms with Gasteiger partial charge in [0.15, 0.2) is 0 Å². The van der Waals surface area contributed by atoms with E-state index in [1.54, 1.807) is 0 Å². The fraction of sp³-hybridized carbons (Fsp3) is 0.250. The summed E-state index contributed by atoms with van der Waals surface area (Å²) in [5.41, 5.74) is 1.22. The molecule has 0 amide bonds. The lowest BCUT2D eigenvalue weighted by Gasteiger charge is -2.20. The van der Waals surface area contributed by atoms with Gasteiger partial charge < -0.3 is 10.1 Å². The van der Waals surface area contributed by atoms with E-state index in [0.717, 1.165) is 22.3 Å². The van der Waals surface area contributed by atoms with E-state index in [-0.39, 0.29) is 6.10 Å². The van der Waals surface area contributed by atoms with E-state index in [4.69, 9.17) is 4.74 Å². The molecule has 0 aliphatic rings. The Morgan fingerprint density at radius 1 is 1.05 bits per heavy atom. The number of hydrogen-bond donors (Lipinski definition) is 1. The molecule has 0 heterocycles. The first-order valence-electron chi connectivity index (χ1n) is 6.42. The molecule has 100 valence electrons. The van der Waals surface area contributed by atoms with Gasteiger partial charge in [-0.2, -0.15) is 0 Å². The van der Waals surface area contributed by atoms with Crippen LogP contribution in [0, 0.1) is 3.57 Å². The highest BCUT2D eigenvalue weighted by Gasteiger charge is 2.13. The highest BCUT2D eigenvalue weighted by atomic mass is 125. The van der Waals surface area contributed by atoms with Crippen LogP contribution in [0.1, 0.15) is 18.1 Å². The van der Waals surface area contributed by atoms with Gasteiger partial charge in [0.25, 0.3) is 0 Å². The van der Waals surface area contributed by atoms with E-state index in [9.17, 15) is 0 Å². The van der Waals surface area contributed by atoms with Gasteiger partial charge in [-0.25, -0.2) is 0 Å². The molecule has 0 fully saturated rings. The maximum atomic E-state index is 6.19. The van der Waals surface area contributed by atoms with E-state index in [1.807, 2.05) is 31.3 Å². The predicted octanol–water partition coefficient (Wildman–Crippen LogP) is 4.02. The first-order valence-corrected chi connectivity index (χ1v) is 7.50. The van der Waals surface area contributed by atoms with Gasteiger partial charge >= 0.3 is 0 Å². The van der Waals surface area contributed by atoms with Crippen LogP contribution in [0.25, 0.3) is 0 Å². The molecule has 2 aromatic rings. The van der Waals surface area contributed by atoms with Gasteiger partial charge in [0.2, 0.25) is 0 Å². The highest BCUT2D eigenvalue weighted by molar-refractivity contribution is 14.1. The van der Waals surface area contributed by atoms with Crippen LogP contribution in [0.5, 0.6) is 5.75 Å². The molecule has 0 saturated heterocycles. The number of ether oxygens (including phenoxy) is 1. The van der Waals surface area contributed by atoms with Crippen LogP contribution in [0.15, 0.2) is 54.6 Å². The molecular formula is C16H18INO. The molecule has 1 N–H and O–H groups in total. The first kappa shape index (κ1) is 14.3. The smallest absolute Gasteiger partial charge is 0.133 e. The van der Waals surface area contributed by atoms with Crippen LogP contribution in [0.2, 0.25) is 0 Å². The zero-order valence-electron chi connectivity index (χ0n) is 11.0. The summed E-state index contributed by atoms with van der Waals surface area (Å²) < 4.78 is 7.33. The lowest BCUT2D eigenvalue weighted by molar-refractivity contribution is 0.193. The summed E-state index contributed by atoms with van der Waals surface area (Å²) in [6.45, 7) is 0.934. The minimum Gasteiger partial charge on any atom is -0.485 e. The molecule has 2 rings (SSSR count). The number of para-hydroxylation sites is 1. The quantitative estimate of drug-likeness (QED) is 0.781. The lowest BCUT2D eigenvalue weighted by atomic mass is 10.1. The van der Waals surface area contributed by atoms with Gasteiger partial charge in [0, 0.05) is 6.42 Å². The second-order valence-corrected chi connectivity index (χ2v) is 5.50. The highest BCUT2D eigenvalue weighted by Crippen LogP contribution is 2.28. The summed E-state index contributed by atoms with van der Waals surface area (Å²) in [4.78, 5) is 0. The van der Waals surface area contributed by atoms with Crippen LogP contribution < -0.4 is 10.1 Å². The summed E-state index contributed by atoms with van der Waals surface area (Å²) in [6.07, 6.45) is 1.04. The van der Waals surface area contributed by atoms with E-state index < -0.39 is 0 Å². The molecule has 0 aliphatic heterocycles. The number of hydrogen-bond acceptors (Lipinski definition) is 2. The Kier molecular flexibility index (Phi) is 5.66. The van der Waals surface area contributed by atoms with Crippen LogP contribution in [-0.2, 0) is 0 Å². The average molecular weight is 365 g/mol. The SMILES string of the molecule is CNCC[C@@H](Oc1ccccc1[125I])c1ccccc1. The molecule has 1 atom stereocenters. The van der Waals surface area contributed by atoms with Gasteiger partial charge in [-0.1, -0.05) is 42.5 Å². The third kappa shape index (κ3) is 4.21. The molecule has 0 saturated carbocycles. The van der Waals surface area contributed by atoms with E-state index in [0.29, 0.717) is 0 Å². The van der Waals surface area contributed by atoms with Crippen LogP contribution >= 0.6 is 22.6 Å². The fourth-order valence-corrected chi connectivity index (χ4v) is 2.44. The summed E-state index contributed by atoms with van der Waals surface area (Å²) in [5.74, 6) is 0.952. The monoisotopic (exact) mass is 365 g/mol. The van der Waals surface area contributed by atoms with Crippen LogP contribution in [0.3, 0.4) is 0 Å². The number of benzene rings is 2. The molecule has 0 aliphatic carbocycles. The third-order valence-corrected chi connectivity index (χ3v) is 3.82. The van der Waals surface area contributed by atoms with E-state index in [2.05, 4.69) is 58.2 Å². The number of nitrogens with one attached hydrogen (secondary N) is 1. The van der Waals surface area contributed by atoms with Crippen molar-refractivity contribution in [1.29, 1.82) is 0 Å². The average Bonchev–Trinajstić information content (AvgIpc) is 2.46.